The Morgan fingerprint density at radius 2 is 2.27 bits per heavy atom. The third-order valence-corrected chi connectivity index (χ3v) is 4.29. The van der Waals surface area contributed by atoms with Crippen molar-refractivity contribution in [1.29, 1.82) is 0 Å². The molecule has 0 saturated heterocycles. The molecule has 0 aliphatic heterocycles. The third kappa shape index (κ3) is 1.29. The summed E-state index contributed by atoms with van der Waals surface area (Å²) in [6, 6.07) is 0. The van der Waals surface area contributed by atoms with Crippen LogP contribution in [0.15, 0.2) is 4.52 Å². The van der Waals surface area contributed by atoms with Crippen LogP contribution in [0.2, 0.25) is 0 Å². The van der Waals surface area contributed by atoms with Crippen LogP contribution in [0.5, 0.6) is 0 Å². The summed E-state index contributed by atoms with van der Waals surface area (Å²) in [5.74, 6) is 2.97. The number of anilines is 1. The van der Waals surface area contributed by atoms with Crippen molar-refractivity contribution in [2.75, 3.05) is 5.73 Å². The van der Waals surface area contributed by atoms with Gasteiger partial charge in [-0.3, -0.25) is 0 Å². The van der Waals surface area contributed by atoms with Crippen molar-refractivity contribution < 1.29 is 4.52 Å². The standard InChI is InChI=1S/C12H18N2O/c1-2-9-11(14-15-12(9)13)10-6-7-3-4-8(10)5-7/h7-8,10H,2-6,13H2,1H3. The SMILES string of the molecule is CCc1c(C2CC3CCC2C3)noc1N. The number of fused-ring (bicyclic) bond motifs is 2. The molecule has 2 saturated carbocycles. The molecular weight excluding hydrogens is 188 g/mol. The number of nitrogens with two attached hydrogens (primary N) is 1. The summed E-state index contributed by atoms with van der Waals surface area (Å²) in [5.41, 5.74) is 8.12. The highest BCUT2D eigenvalue weighted by molar-refractivity contribution is 5.41. The topological polar surface area (TPSA) is 52.0 Å². The normalized spacial score (nSPS) is 33.8. The molecule has 3 nitrogen and oxygen atoms in total. The number of hydrogen-bond acceptors (Lipinski definition) is 3. The van der Waals surface area contributed by atoms with Crippen LogP contribution in [0.4, 0.5) is 5.88 Å². The molecular formula is C12H18N2O. The lowest BCUT2D eigenvalue weighted by Crippen LogP contribution is -2.10. The lowest BCUT2D eigenvalue weighted by molar-refractivity contribution is 0.374. The Bertz CT molecular complexity index is 372. The van der Waals surface area contributed by atoms with E-state index in [2.05, 4.69) is 12.1 Å². The molecule has 2 fully saturated rings. The fourth-order valence-electron chi connectivity index (χ4n) is 3.56. The third-order valence-electron chi connectivity index (χ3n) is 4.29. The van der Waals surface area contributed by atoms with Gasteiger partial charge in [-0.2, -0.15) is 0 Å². The van der Waals surface area contributed by atoms with Gasteiger partial charge in [-0.25, -0.2) is 0 Å². The van der Waals surface area contributed by atoms with Crippen LogP contribution in [0.1, 0.15) is 49.8 Å². The van der Waals surface area contributed by atoms with Gasteiger partial charge in [0, 0.05) is 11.5 Å². The van der Waals surface area contributed by atoms with Gasteiger partial charge in [0.05, 0.1) is 5.69 Å². The summed E-state index contributed by atoms with van der Waals surface area (Å²) in [6.45, 7) is 2.12. The summed E-state index contributed by atoms with van der Waals surface area (Å²) >= 11 is 0. The summed E-state index contributed by atoms with van der Waals surface area (Å²) in [6.07, 6.45) is 6.46. The molecule has 2 aliphatic carbocycles. The largest absolute Gasteiger partial charge is 0.367 e. The van der Waals surface area contributed by atoms with Crippen LogP contribution in [0.3, 0.4) is 0 Å². The average Bonchev–Trinajstić information content (AvgIpc) is 2.90. The van der Waals surface area contributed by atoms with E-state index in [1.165, 1.54) is 31.4 Å². The first-order chi connectivity index (χ1) is 7.29. The van der Waals surface area contributed by atoms with Gasteiger partial charge in [-0.15, -0.1) is 0 Å². The Labute approximate surface area is 90.0 Å². The molecule has 0 radical (unpaired) electrons. The molecule has 3 rings (SSSR count). The Morgan fingerprint density at radius 3 is 2.87 bits per heavy atom. The van der Waals surface area contributed by atoms with Gasteiger partial charge in [0.25, 0.3) is 0 Å². The van der Waals surface area contributed by atoms with Crippen LogP contribution in [-0.2, 0) is 6.42 Å². The molecule has 0 spiro atoms. The van der Waals surface area contributed by atoms with Crippen molar-refractivity contribution in [3.63, 3.8) is 0 Å². The lowest BCUT2D eigenvalue weighted by Gasteiger charge is -2.19. The summed E-state index contributed by atoms with van der Waals surface area (Å²) in [7, 11) is 0. The molecule has 3 atom stereocenters. The molecule has 15 heavy (non-hydrogen) atoms. The van der Waals surface area contributed by atoms with Crippen LogP contribution in [0.25, 0.3) is 0 Å². The van der Waals surface area contributed by atoms with E-state index in [1.807, 2.05) is 0 Å². The maximum atomic E-state index is 5.79. The highest BCUT2D eigenvalue weighted by Crippen LogP contribution is 2.53. The molecule has 1 heterocycles. The molecule has 2 N–H and O–H groups in total. The number of hydrogen-bond donors (Lipinski definition) is 1. The van der Waals surface area contributed by atoms with Crippen molar-refractivity contribution >= 4 is 5.88 Å². The predicted molar refractivity (Wildman–Crippen MR) is 58.5 cm³/mol. The van der Waals surface area contributed by atoms with E-state index in [9.17, 15) is 0 Å². The van der Waals surface area contributed by atoms with E-state index < -0.39 is 0 Å². The number of nitrogen functional groups attached to an aromatic ring is 1. The zero-order valence-electron chi connectivity index (χ0n) is 9.20. The number of rotatable bonds is 2. The van der Waals surface area contributed by atoms with E-state index in [0.29, 0.717) is 11.8 Å². The Hall–Kier alpha value is -0.990. The molecule has 82 valence electrons. The Kier molecular flexibility index (Phi) is 2.01. The van der Waals surface area contributed by atoms with E-state index in [4.69, 9.17) is 10.3 Å². The molecule has 1 aromatic rings. The van der Waals surface area contributed by atoms with Gasteiger partial charge < -0.3 is 10.3 Å². The zero-order valence-corrected chi connectivity index (χ0v) is 9.20. The first kappa shape index (κ1) is 9.25. The maximum Gasteiger partial charge on any atom is 0.225 e. The minimum atomic E-state index is 0.537. The van der Waals surface area contributed by atoms with E-state index in [1.54, 1.807) is 0 Å². The fourth-order valence-corrected chi connectivity index (χ4v) is 3.56. The number of aromatic nitrogens is 1. The van der Waals surface area contributed by atoms with Gasteiger partial charge in [-0.05, 0) is 37.5 Å². The molecule has 1 aromatic heterocycles. The minimum absolute atomic E-state index is 0.537. The predicted octanol–water partition coefficient (Wildman–Crippen LogP) is 2.72. The second-order valence-corrected chi connectivity index (χ2v) is 5.05. The van der Waals surface area contributed by atoms with Gasteiger partial charge in [0.1, 0.15) is 0 Å². The zero-order chi connectivity index (χ0) is 10.4. The summed E-state index contributed by atoms with van der Waals surface area (Å²) in [4.78, 5) is 0. The van der Waals surface area contributed by atoms with Crippen molar-refractivity contribution in [3.05, 3.63) is 11.3 Å². The Morgan fingerprint density at radius 1 is 1.40 bits per heavy atom. The summed E-state index contributed by atoms with van der Waals surface area (Å²) in [5, 5.41) is 4.19. The second-order valence-electron chi connectivity index (χ2n) is 5.05. The van der Waals surface area contributed by atoms with E-state index in [-0.39, 0.29) is 0 Å². The van der Waals surface area contributed by atoms with Crippen LogP contribution >= 0.6 is 0 Å². The van der Waals surface area contributed by atoms with Crippen molar-refractivity contribution in [1.82, 2.24) is 5.16 Å². The highest BCUT2D eigenvalue weighted by atomic mass is 16.5. The molecule has 0 aromatic carbocycles. The maximum absolute atomic E-state index is 5.79. The lowest BCUT2D eigenvalue weighted by atomic mass is 9.84. The fraction of sp³-hybridized carbons (Fsp3) is 0.750. The molecule has 3 heteroatoms. The van der Waals surface area contributed by atoms with Crippen LogP contribution in [-0.4, -0.2) is 5.16 Å². The van der Waals surface area contributed by atoms with Gasteiger partial charge in [-0.1, -0.05) is 18.5 Å². The molecule has 2 aliphatic rings. The van der Waals surface area contributed by atoms with Crippen LogP contribution < -0.4 is 5.73 Å². The van der Waals surface area contributed by atoms with Gasteiger partial charge in [0.15, 0.2) is 0 Å². The molecule has 2 bridgehead atoms. The first-order valence-corrected chi connectivity index (χ1v) is 6.03. The van der Waals surface area contributed by atoms with Gasteiger partial charge >= 0.3 is 0 Å². The first-order valence-electron chi connectivity index (χ1n) is 6.03. The van der Waals surface area contributed by atoms with Crippen molar-refractivity contribution in [2.24, 2.45) is 11.8 Å². The van der Waals surface area contributed by atoms with E-state index in [0.717, 1.165) is 23.8 Å². The smallest absolute Gasteiger partial charge is 0.225 e. The summed E-state index contributed by atoms with van der Waals surface area (Å²) < 4.78 is 5.13. The number of nitrogens with zero attached hydrogens (tertiary/aromatic N) is 1. The minimum Gasteiger partial charge on any atom is -0.367 e. The monoisotopic (exact) mass is 206 g/mol. The van der Waals surface area contributed by atoms with E-state index >= 15 is 0 Å². The average molecular weight is 206 g/mol. The van der Waals surface area contributed by atoms with Crippen molar-refractivity contribution in [2.45, 2.75) is 44.9 Å². The highest BCUT2D eigenvalue weighted by Gasteiger charge is 2.42. The van der Waals surface area contributed by atoms with Crippen molar-refractivity contribution in [3.8, 4) is 0 Å². The second kappa shape index (κ2) is 3.26. The van der Waals surface area contributed by atoms with Gasteiger partial charge in [0.2, 0.25) is 5.88 Å². The quantitative estimate of drug-likeness (QED) is 0.809. The Balaban J connectivity index is 1.93. The van der Waals surface area contributed by atoms with Crippen LogP contribution in [0, 0.1) is 11.8 Å². The molecule has 0 amide bonds. The molecule has 3 unspecified atom stereocenters.